The van der Waals surface area contributed by atoms with Gasteiger partial charge in [-0.1, -0.05) is 0 Å². The molecule has 0 atom stereocenters. The lowest BCUT2D eigenvalue weighted by atomic mass is 10.1. The number of aromatic nitrogens is 2. The number of phenols is 1. The van der Waals surface area contributed by atoms with Crippen molar-refractivity contribution in [1.29, 1.82) is 0 Å². The lowest BCUT2D eigenvalue weighted by molar-refractivity contribution is 0.108. The van der Waals surface area contributed by atoms with Crippen LogP contribution in [-0.4, -0.2) is 21.5 Å². The average molecular weight is 231 g/mol. The van der Waals surface area contributed by atoms with Gasteiger partial charge in [-0.15, -0.1) is 0 Å². The Morgan fingerprint density at radius 3 is 2.76 bits per heavy atom. The summed E-state index contributed by atoms with van der Waals surface area (Å²) < 4.78 is 7.04. The van der Waals surface area contributed by atoms with E-state index in [0.717, 1.165) is 23.4 Å². The fourth-order valence-corrected chi connectivity index (χ4v) is 2.03. The molecule has 88 valence electrons. The van der Waals surface area contributed by atoms with E-state index in [1.54, 1.807) is 28.9 Å². The van der Waals surface area contributed by atoms with E-state index in [2.05, 4.69) is 5.10 Å². The number of hydrogen-bond acceptors (Lipinski definition) is 4. The highest BCUT2D eigenvalue weighted by Gasteiger charge is 2.19. The van der Waals surface area contributed by atoms with Crippen molar-refractivity contribution in [2.75, 3.05) is 12.3 Å². The maximum absolute atomic E-state index is 9.25. The maximum atomic E-state index is 9.25. The fraction of sp³-hybridized carbons (Fsp3) is 0.250. The smallest absolute Gasteiger partial charge is 0.130 e. The number of benzene rings is 1. The van der Waals surface area contributed by atoms with Gasteiger partial charge in [0, 0.05) is 12.0 Å². The zero-order valence-corrected chi connectivity index (χ0v) is 9.26. The molecule has 1 aromatic heterocycles. The molecule has 0 aliphatic carbocycles. The number of fused-ring (bicyclic) bond motifs is 1. The molecule has 0 amide bonds. The standard InChI is InChI=1S/C12H13N3O2/c13-12-10-5-6-17-7-11(10)14-15(12)8-1-3-9(16)4-2-8/h1-4,16H,5-7,13H2. The molecule has 0 fully saturated rings. The molecule has 0 saturated carbocycles. The van der Waals surface area contributed by atoms with Crippen molar-refractivity contribution in [1.82, 2.24) is 9.78 Å². The SMILES string of the molecule is Nc1c2c(nn1-c1ccc(O)cc1)COCC2. The lowest BCUT2D eigenvalue weighted by Crippen LogP contribution is -2.09. The van der Waals surface area contributed by atoms with E-state index in [1.807, 2.05) is 0 Å². The minimum Gasteiger partial charge on any atom is -0.508 e. The van der Waals surface area contributed by atoms with Crippen LogP contribution in [0.3, 0.4) is 0 Å². The lowest BCUT2D eigenvalue weighted by Gasteiger charge is -2.10. The normalized spacial score (nSPS) is 14.6. The first kappa shape index (κ1) is 10.2. The molecular formula is C12H13N3O2. The van der Waals surface area contributed by atoms with E-state index in [1.165, 1.54) is 0 Å². The van der Waals surface area contributed by atoms with Gasteiger partial charge in [0.15, 0.2) is 0 Å². The van der Waals surface area contributed by atoms with Gasteiger partial charge in [0.2, 0.25) is 0 Å². The molecule has 0 bridgehead atoms. The van der Waals surface area contributed by atoms with Crippen molar-refractivity contribution in [3.05, 3.63) is 35.5 Å². The van der Waals surface area contributed by atoms with E-state index >= 15 is 0 Å². The van der Waals surface area contributed by atoms with Crippen LogP contribution in [0.25, 0.3) is 5.69 Å². The highest BCUT2D eigenvalue weighted by molar-refractivity contribution is 5.51. The Labute approximate surface area is 98.4 Å². The van der Waals surface area contributed by atoms with Crippen LogP contribution in [0.2, 0.25) is 0 Å². The molecule has 1 aromatic carbocycles. The zero-order chi connectivity index (χ0) is 11.8. The Kier molecular flexibility index (Phi) is 2.26. The number of aromatic hydroxyl groups is 1. The molecular weight excluding hydrogens is 218 g/mol. The zero-order valence-electron chi connectivity index (χ0n) is 9.26. The highest BCUT2D eigenvalue weighted by Crippen LogP contribution is 2.25. The molecule has 0 spiro atoms. The van der Waals surface area contributed by atoms with E-state index in [-0.39, 0.29) is 5.75 Å². The van der Waals surface area contributed by atoms with Crippen molar-refractivity contribution >= 4 is 5.82 Å². The summed E-state index contributed by atoms with van der Waals surface area (Å²) in [6.45, 7) is 1.21. The number of nitrogens with two attached hydrogens (primary N) is 1. The van der Waals surface area contributed by atoms with E-state index < -0.39 is 0 Å². The molecule has 1 aliphatic heterocycles. The van der Waals surface area contributed by atoms with Crippen LogP contribution in [0.15, 0.2) is 24.3 Å². The van der Waals surface area contributed by atoms with Gasteiger partial charge in [-0.3, -0.25) is 0 Å². The largest absolute Gasteiger partial charge is 0.508 e. The first-order valence-electron chi connectivity index (χ1n) is 5.49. The summed E-state index contributed by atoms with van der Waals surface area (Å²) >= 11 is 0. The van der Waals surface area contributed by atoms with Gasteiger partial charge in [-0.25, -0.2) is 4.68 Å². The first-order valence-corrected chi connectivity index (χ1v) is 5.49. The van der Waals surface area contributed by atoms with Gasteiger partial charge in [0.05, 0.1) is 24.6 Å². The van der Waals surface area contributed by atoms with Crippen LogP contribution in [0.5, 0.6) is 5.75 Å². The van der Waals surface area contributed by atoms with Crippen LogP contribution in [-0.2, 0) is 17.8 Å². The van der Waals surface area contributed by atoms with Crippen LogP contribution >= 0.6 is 0 Å². The number of ether oxygens (including phenoxy) is 1. The third kappa shape index (κ3) is 1.64. The Bertz CT molecular complexity index is 546. The Morgan fingerprint density at radius 2 is 2.06 bits per heavy atom. The third-order valence-corrected chi connectivity index (χ3v) is 2.94. The molecule has 2 heterocycles. The van der Waals surface area contributed by atoms with Crippen LogP contribution in [0.1, 0.15) is 11.3 Å². The molecule has 3 N–H and O–H groups in total. The summed E-state index contributed by atoms with van der Waals surface area (Å²) in [7, 11) is 0. The Balaban J connectivity index is 2.09. The van der Waals surface area contributed by atoms with Gasteiger partial charge in [-0.2, -0.15) is 5.10 Å². The highest BCUT2D eigenvalue weighted by atomic mass is 16.5. The molecule has 17 heavy (non-hydrogen) atoms. The van der Waals surface area contributed by atoms with E-state index in [9.17, 15) is 5.11 Å². The van der Waals surface area contributed by atoms with Crippen molar-refractivity contribution in [2.24, 2.45) is 0 Å². The molecule has 0 radical (unpaired) electrons. The molecule has 0 saturated heterocycles. The number of nitrogen functional groups attached to an aromatic ring is 1. The number of nitrogens with zero attached hydrogens (tertiary/aromatic N) is 2. The minimum atomic E-state index is 0.229. The summed E-state index contributed by atoms with van der Waals surface area (Å²) in [4.78, 5) is 0. The number of rotatable bonds is 1. The molecule has 5 nitrogen and oxygen atoms in total. The van der Waals surface area contributed by atoms with E-state index in [0.29, 0.717) is 19.0 Å². The average Bonchev–Trinajstić information content (AvgIpc) is 2.69. The second kappa shape index (κ2) is 3.78. The number of hydrogen-bond donors (Lipinski definition) is 2. The summed E-state index contributed by atoms with van der Waals surface area (Å²) in [6.07, 6.45) is 0.805. The van der Waals surface area contributed by atoms with Crippen molar-refractivity contribution in [2.45, 2.75) is 13.0 Å². The summed E-state index contributed by atoms with van der Waals surface area (Å²) in [5.74, 6) is 0.890. The van der Waals surface area contributed by atoms with Crippen LogP contribution < -0.4 is 5.73 Å². The van der Waals surface area contributed by atoms with Gasteiger partial charge >= 0.3 is 0 Å². The van der Waals surface area contributed by atoms with Crippen LogP contribution in [0, 0.1) is 0 Å². The topological polar surface area (TPSA) is 73.3 Å². The predicted octanol–water partition coefficient (Wildman–Crippen LogP) is 1.23. The number of anilines is 1. The van der Waals surface area contributed by atoms with E-state index in [4.69, 9.17) is 10.5 Å². The summed E-state index contributed by atoms with van der Waals surface area (Å²) in [5, 5.41) is 13.7. The van der Waals surface area contributed by atoms with Gasteiger partial charge in [0.25, 0.3) is 0 Å². The molecule has 3 rings (SSSR count). The summed E-state index contributed by atoms with van der Waals surface area (Å²) in [6, 6.07) is 6.80. The second-order valence-corrected chi connectivity index (χ2v) is 4.04. The van der Waals surface area contributed by atoms with Crippen molar-refractivity contribution in [3.63, 3.8) is 0 Å². The molecule has 0 unspecified atom stereocenters. The fourth-order valence-electron chi connectivity index (χ4n) is 2.03. The Morgan fingerprint density at radius 1 is 1.29 bits per heavy atom. The molecule has 1 aliphatic rings. The van der Waals surface area contributed by atoms with Gasteiger partial charge in [-0.05, 0) is 24.3 Å². The second-order valence-electron chi connectivity index (χ2n) is 4.04. The quantitative estimate of drug-likeness (QED) is 0.774. The molecule has 2 aromatic rings. The maximum Gasteiger partial charge on any atom is 0.130 e. The molecule has 5 heteroatoms. The van der Waals surface area contributed by atoms with Gasteiger partial charge in [0.1, 0.15) is 11.6 Å². The van der Waals surface area contributed by atoms with Gasteiger partial charge < -0.3 is 15.6 Å². The van der Waals surface area contributed by atoms with Crippen molar-refractivity contribution < 1.29 is 9.84 Å². The van der Waals surface area contributed by atoms with Crippen LogP contribution in [0.4, 0.5) is 5.82 Å². The minimum absolute atomic E-state index is 0.229. The number of phenolic OH excluding ortho intramolecular Hbond substituents is 1. The first-order chi connectivity index (χ1) is 8.25. The van der Waals surface area contributed by atoms with Crippen molar-refractivity contribution in [3.8, 4) is 11.4 Å². The Hall–Kier alpha value is -2.01. The monoisotopic (exact) mass is 231 g/mol. The summed E-state index contributed by atoms with van der Waals surface area (Å²) in [5.41, 5.74) is 8.90. The third-order valence-electron chi connectivity index (χ3n) is 2.94. The predicted molar refractivity (Wildman–Crippen MR) is 63.0 cm³/mol.